The first-order valence-corrected chi connectivity index (χ1v) is 13.9. The first-order chi connectivity index (χ1) is 15.0. The van der Waals surface area contributed by atoms with Crippen LogP contribution in [0.1, 0.15) is 31.9 Å². The van der Waals surface area contributed by atoms with E-state index in [1.54, 1.807) is 12.1 Å². The monoisotopic (exact) mass is 462 g/mol. The molecular weight excluding hydrogens is 427 g/mol. The Hall–Kier alpha value is -1.61. The first kappa shape index (κ1) is 25.0. The first-order valence-electron chi connectivity index (χ1n) is 11.0. The van der Waals surface area contributed by atoms with E-state index in [0.717, 1.165) is 5.56 Å². The zero-order valence-corrected chi connectivity index (χ0v) is 20.8. The number of benzene rings is 2. The van der Waals surface area contributed by atoms with Crippen LogP contribution < -0.4 is 0 Å². The second kappa shape index (κ2) is 9.71. The highest BCUT2D eigenvalue weighted by Gasteiger charge is 2.58. The maximum atomic E-state index is 14.0. The lowest BCUT2D eigenvalue weighted by molar-refractivity contribution is -0.246. The maximum absolute atomic E-state index is 14.0. The minimum Gasteiger partial charge on any atom is -0.408 e. The van der Waals surface area contributed by atoms with Gasteiger partial charge in [0, 0.05) is 12.7 Å². The van der Waals surface area contributed by atoms with Gasteiger partial charge in [-0.2, -0.15) is 0 Å². The molecule has 0 aromatic heterocycles. The van der Waals surface area contributed by atoms with Crippen molar-refractivity contribution in [2.45, 2.75) is 69.6 Å². The van der Waals surface area contributed by atoms with Crippen LogP contribution in [0, 0.1) is 5.82 Å². The zero-order chi connectivity index (χ0) is 23.6. The van der Waals surface area contributed by atoms with Crippen LogP contribution in [0.2, 0.25) is 18.1 Å². The molecule has 3 rings (SSSR count). The second-order valence-electron chi connectivity index (χ2n) is 9.86. The lowest BCUT2D eigenvalue weighted by Gasteiger charge is -2.40. The molecule has 1 N–H and O–H groups in total. The molecule has 0 amide bonds. The number of ether oxygens (including phenoxy) is 3. The molecule has 1 aliphatic rings. The lowest BCUT2D eigenvalue weighted by atomic mass is 9.97. The molecule has 0 aliphatic carbocycles. The van der Waals surface area contributed by atoms with Gasteiger partial charge in [0.15, 0.2) is 8.32 Å². The zero-order valence-electron chi connectivity index (χ0n) is 19.8. The van der Waals surface area contributed by atoms with Crippen molar-refractivity contribution < 1.29 is 28.1 Å². The summed E-state index contributed by atoms with van der Waals surface area (Å²) in [6, 6.07) is 15.6. The van der Waals surface area contributed by atoms with Crippen LogP contribution in [0.25, 0.3) is 0 Å². The SMILES string of the molecule is COC1C(O[Si](C)(C)C(C)(C)C)C(COCc2ccccc2)O[C@@]1(O)c1cccc(F)c1. The Labute approximate surface area is 191 Å². The minimum absolute atomic E-state index is 0.0553. The molecule has 0 spiro atoms. The molecule has 4 atom stereocenters. The molecule has 7 heteroatoms. The molecule has 0 bridgehead atoms. The van der Waals surface area contributed by atoms with Crippen LogP contribution >= 0.6 is 0 Å². The highest BCUT2D eigenvalue weighted by molar-refractivity contribution is 6.74. The van der Waals surface area contributed by atoms with Crippen LogP contribution in [0.3, 0.4) is 0 Å². The third kappa shape index (κ3) is 5.30. The van der Waals surface area contributed by atoms with Crippen molar-refractivity contribution in [2.24, 2.45) is 0 Å². The van der Waals surface area contributed by atoms with E-state index in [4.69, 9.17) is 18.6 Å². The van der Waals surface area contributed by atoms with E-state index < -0.39 is 38.2 Å². The van der Waals surface area contributed by atoms with Gasteiger partial charge in [-0.25, -0.2) is 4.39 Å². The lowest BCUT2D eigenvalue weighted by Crippen LogP contribution is -2.51. The van der Waals surface area contributed by atoms with Crippen molar-refractivity contribution in [2.75, 3.05) is 13.7 Å². The van der Waals surface area contributed by atoms with Crippen molar-refractivity contribution in [1.29, 1.82) is 0 Å². The fourth-order valence-corrected chi connectivity index (χ4v) is 4.98. The summed E-state index contributed by atoms with van der Waals surface area (Å²) in [5.41, 5.74) is 1.33. The molecule has 176 valence electrons. The number of hydrogen-bond acceptors (Lipinski definition) is 5. The summed E-state index contributed by atoms with van der Waals surface area (Å²) in [4.78, 5) is 0. The summed E-state index contributed by atoms with van der Waals surface area (Å²) in [5.74, 6) is -2.31. The maximum Gasteiger partial charge on any atom is 0.222 e. The molecule has 2 aromatic rings. The van der Waals surface area contributed by atoms with Gasteiger partial charge in [0.1, 0.15) is 24.1 Å². The van der Waals surface area contributed by atoms with Crippen LogP contribution in [0.15, 0.2) is 54.6 Å². The van der Waals surface area contributed by atoms with Crippen LogP contribution in [-0.2, 0) is 31.0 Å². The average Bonchev–Trinajstić information content (AvgIpc) is 2.99. The summed E-state index contributed by atoms with van der Waals surface area (Å²) >= 11 is 0. The minimum atomic E-state index is -2.25. The Morgan fingerprint density at radius 1 is 1.09 bits per heavy atom. The topological polar surface area (TPSA) is 57.2 Å². The van der Waals surface area contributed by atoms with E-state index in [2.05, 4.69) is 33.9 Å². The fourth-order valence-electron chi connectivity index (χ4n) is 3.67. The van der Waals surface area contributed by atoms with Gasteiger partial charge in [0.05, 0.1) is 13.2 Å². The normalized spacial score (nSPS) is 26.4. The standard InChI is InChI=1S/C25H35FO5Si/c1-24(2,3)32(5,6)31-22-21(17-29-16-18-11-8-7-9-12-18)30-25(27,23(22)28-4)19-13-10-14-20(26)15-19/h7-15,21-23,27H,16-17H2,1-6H3/t21?,22?,23?,25-/m0/s1. The Morgan fingerprint density at radius 3 is 2.38 bits per heavy atom. The van der Waals surface area contributed by atoms with Gasteiger partial charge in [-0.15, -0.1) is 0 Å². The fraction of sp³-hybridized carbons (Fsp3) is 0.520. The highest BCUT2D eigenvalue weighted by Crippen LogP contribution is 2.45. The molecule has 0 saturated carbocycles. The van der Waals surface area contributed by atoms with E-state index >= 15 is 0 Å². The molecule has 1 aliphatic heterocycles. The van der Waals surface area contributed by atoms with Crippen molar-refractivity contribution in [3.63, 3.8) is 0 Å². The van der Waals surface area contributed by atoms with E-state index in [1.165, 1.54) is 19.2 Å². The van der Waals surface area contributed by atoms with Gasteiger partial charge in [0.25, 0.3) is 0 Å². The van der Waals surface area contributed by atoms with Gasteiger partial charge in [-0.05, 0) is 35.8 Å². The molecule has 0 radical (unpaired) electrons. The quantitative estimate of drug-likeness (QED) is 0.560. The largest absolute Gasteiger partial charge is 0.408 e. The Balaban J connectivity index is 1.88. The predicted molar refractivity (Wildman–Crippen MR) is 124 cm³/mol. The molecule has 1 heterocycles. The summed E-state index contributed by atoms with van der Waals surface area (Å²) < 4.78 is 38.5. The molecular formula is C25H35FO5Si. The van der Waals surface area contributed by atoms with Crippen molar-refractivity contribution in [3.8, 4) is 0 Å². The molecule has 2 aromatic carbocycles. The number of rotatable bonds is 8. The van der Waals surface area contributed by atoms with Crippen LogP contribution in [0.4, 0.5) is 4.39 Å². The van der Waals surface area contributed by atoms with Gasteiger partial charge in [-0.1, -0.05) is 63.2 Å². The number of aliphatic hydroxyl groups is 1. The van der Waals surface area contributed by atoms with E-state index in [-0.39, 0.29) is 11.6 Å². The Kier molecular flexibility index (Phi) is 7.59. The smallest absolute Gasteiger partial charge is 0.222 e. The van der Waals surface area contributed by atoms with Gasteiger partial charge in [0.2, 0.25) is 5.79 Å². The van der Waals surface area contributed by atoms with Crippen LogP contribution in [-0.4, -0.2) is 45.5 Å². The number of halogens is 1. The molecule has 1 fully saturated rings. The molecule has 32 heavy (non-hydrogen) atoms. The Bertz CT molecular complexity index is 885. The van der Waals surface area contributed by atoms with Crippen molar-refractivity contribution >= 4 is 8.32 Å². The van der Waals surface area contributed by atoms with E-state index in [0.29, 0.717) is 12.2 Å². The summed E-state index contributed by atoms with van der Waals surface area (Å²) in [6.45, 7) is 11.3. The number of methoxy groups -OCH3 is 1. The van der Waals surface area contributed by atoms with E-state index in [9.17, 15) is 9.50 Å². The van der Waals surface area contributed by atoms with Gasteiger partial charge < -0.3 is 23.7 Å². The highest BCUT2D eigenvalue weighted by atomic mass is 28.4. The summed E-state index contributed by atoms with van der Waals surface area (Å²) in [7, 11) is -0.741. The van der Waals surface area contributed by atoms with Gasteiger partial charge >= 0.3 is 0 Å². The van der Waals surface area contributed by atoms with Gasteiger partial charge in [-0.3, -0.25) is 0 Å². The Morgan fingerprint density at radius 2 is 1.78 bits per heavy atom. The number of hydrogen-bond donors (Lipinski definition) is 1. The van der Waals surface area contributed by atoms with Crippen molar-refractivity contribution in [3.05, 3.63) is 71.5 Å². The van der Waals surface area contributed by atoms with E-state index in [1.807, 2.05) is 30.3 Å². The summed E-state index contributed by atoms with van der Waals surface area (Å²) in [5, 5.41) is 11.5. The second-order valence-corrected chi connectivity index (χ2v) is 14.6. The average molecular weight is 463 g/mol. The molecule has 5 nitrogen and oxygen atoms in total. The third-order valence-electron chi connectivity index (χ3n) is 6.50. The predicted octanol–water partition coefficient (Wildman–Crippen LogP) is 4.99. The van der Waals surface area contributed by atoms with Crippen molar-refractivity contribution in [1.82, 2.24) is 0 Å². The molecule has 1 saturated heterocycles. The summed E-state index contributed by atoms with van der Waals surface area (Å²) in [6.07, 6.45) is -2.01. The molecule has 3 unspecified atom stereocenters. The van der Waals surface area contributed by atoms with Crippen LogP contribution in [0.5, 0.6) is 0 Å². The third-order valence-corrected chi connectivity index (χ3v) is 11.0.